The van der Waals surface area contributed by atoms with Crippen molar-refractivity contribution in [2.45, 2.75) is 11.8 Å². The zero-order valence-corrected chi connectivity index (χ0v) is 8.69. The molecule has 0 radical (unpaired) electrons. The monoisotopic (exact) mass is 228 g/mol. The Balaban J connectivity index is 3.19. The third kappa shape index (κ3) is 2.91. The molecule has 0 fully saturated rings. The van der Waals surface area contributed by atoms with Crippen LogP contribution in [-0.2, 0) is 0 Å². The summed E-state index contributed by atoms with van der Waals surface area (Å²) in [6, 6.07) is 3.63. The summed E-state index contributed by atoms with van der Waals surface area (Å²) in [6.45, 7) is 1.87. The van der Waals surface area contributed by atoms with E-state index in [4.69, 9.17) is 0 Å². The zero-order valence-electron chi connectivity index (χ0n) is 7.87. The molecule has 1 aromatic carbocycles. The fourth-order valence-corrected chi connectivity index (χ4v) is 1.77. The third-order valence-electron chi connectivity index (χ3n) is 1.61. The molecule has 0 N–H and O–H groups in total. The normalized spacial score (nSPS) is 9.93. The van der Waals surface area contributed by atoms with Crippen molar-refractivity contribution >= 4 is 23.1 Å². The van der Waals surface area contributed by atoms with Crippen LogP contribution in [0.5, 0.6) is 0 Å². The Kier molecular flexibility index (Phi) is 3.62. The topological polar surface area (TPSA) is 86.3 Å². The molecule has 0 unspecified atom stereocenters. The van der Waals surface area contributed by atoms with Crippen molar-refractivity contribution in [3.63, 3.8) is 0 Å². The van der Waals surface area contributed by atoms with Gasteiger partial charge < -0.3 is 0 Å². The van der Waals surface area contributed by atoms with Crippen LogP contribution in [0.2, 0.25) is 0 Å². The van der Waals surface area contributed by atoms with E-state index in [0.29, 0.717) is 10.6 Å². The van der Waals surface area contributed by atoms with Gasteiger partial charge in [-0.2, -0.15) is 0 Å². The largest absolute Gasteiger partial charge is 0.277 e. The summed E-state index contributed by atoms with van der Waals surface area (Å²) in [5.41, 5.74) is -0.500. The van der Waals surface area contributed by atoms with Crippen LogP contribution in [0.3, 0.4) is 0 Å². The standard InChI is InChI=1S/C8H8N2O4S/c1-2-15-8-4-6(9(11)12)3-7(5-8)10(13)14/h3-5H,2H2,1H3. The van der Waals surface area contributed by atoms with Crippen molar-refractivity contribution in [3.05, 3.63) is 38.4 Å². The highest BCUT2D eigenvalue weighted by Crippen LogP contribution is 2.28. The van der Waals surface area contributed by atoms with Gasteiger partial charge in [0.2, 0.25) is 0 Å². The van der Waals surface area contributed by atoms with Crippen LogP contribution in [0.4, 0.5) is 11.4 Å². The molecular formula is C8H8N2O4S. The maximum Gasteiger partial charge on any atom is 0.277 e. The highest BCUT2D eigenvalue weighted by atomic mass is 32.2. The van der Waals surface area contributed by atoms with Gasteiger partial charge in [0.05, 0.1) is 15.9 Å². The van der Waals surface area contributed by atoms with Crippen LogP contribution < -0.4 is 0 Å². The molecule has 1 aromatic rings. The van der Waals surface area contributed by atoms with Crippen LogP contribution in [0.25, 0.3) is 0 Å². The first-order valence-corrected chi connectivity index (χ1v) is 5.10. The molecule has 0 amide bonds. The molecule has 0 bridgehead atoms. The van der Waals surface area contributed by atoms with E-state index in [1.807, 2.05) is 6.92 Å². The lowest BCUT2D eigenvalue weighted by Gasteiger charge is -1.98. The number of nitro groups is 2. The Labute approximate surface area is 89.6 Å². The summed E-state index contributed by atoms with van der Waals surface area (Å²) in [5, 5.41) is 21.0. The molecule has 0 spiro atoms. The molecule has 0 aliphatic heterocycles. The Morgan fingerprint density at radius 3 is 1.93 bits per heavy atom. The number of rotatable bonds is 4. The number of thioether (sulfide) groups is 1. The van der Waals surface area contributed by atoms with E-state index in [0.717, 1.165) is 6.07 Å². The van der Waals surface area contributed by atoms with Crippen LogP contribution in [0, 0.1) is 20.2 Å². The maximum atomic E-state index is 10.5. The Hall–Kier alpha value is -1.63. The molecule has 7 heteroatoms. The molecule has 0 aromatic heterocycles. The second kappa shape index (κ2) is 4.74. The highest BCUT2D eigenvalue weighted by Gasteiger charge is 2.15. The molecule has 0 aliphatic rings. The minimum Gasteiger partial charge on any atom is -0.258 e. The van der Waals surface area contributed by atoms with Crippen molar-refractivity contribution in [2.75, 3.05) is 5.75 Å². The third-order valence-corrected chi connectivity index (χ3v) is 2.47. The lowest BCUT2D eigenvalue weighted by molar-refractivity contribution is -0.394. The van der Waals surface area contributed by atoms with Crippen molar-refractivity contribution in [1.29, 1.82) is 0 Å². The average Bonchev–Trinajstić information content (AvgIpc) is 2.17. The zero-order chi connectivity index (χ0) is 11.4. The minimum atomic E-state index is -0.632. The summed E-state index contributed by atoms with van der Waals surface area (Å²) in [5.74, 6) is 0.707. The quantitative estimate of drug-likeness (QED) is 0.449. The fraction of sp³-hybridized carbons (Fsp3) is 0.250. The molecule has 15 heavy (non-hydrogen) atoms. The summed E-state index contributed by atoms with van der Waals surface area (Å²) in [6.07, 6.45) is 0. The Bertz CT molecular complexity index is 375. The van der Waals surface area contributed by atoms with Crippen molar-refractivity contribution in [2.24, 2.45) is 0 Å². The predicted molar refractivity (Wildman–Crippen MR) is 56.1 cm³/mol. The lowest BCUT2D eigenvalue weighted by Crippen LogP contribution is -1.93. The van der Waals surface area contributed by atoms with E-state index in [2.05, 4.69) is 0 Å². The first-order chi connectivity index (χ1) is 7.04. The summed E-state index contributed by atoms with van der Waals surface area (Å²) in [4.78, 5) is 20.3. The van der Waals surface area contributed by atoms with Gasteiger partial charge in [-0.1, -0.05) is 6.92 Å². The number of hydrogen-bond donors (Lipinski definition) is 0. The fourth-order valence-electron chi connectivity index (χ4n) is 1.03. The van der Waals surface area contributed by atoms with Gasteiger partial charge in [0.15, 0.2) is 0 Å². The van der Waals surface area contributed by atoms with Crippen molar-refractivity contribution < 1.29 is 9.85 Å². The van der Waals surface area contributed by atoms with Gasteiger partial charge in [-0.25, -0.2) is 0 Å². The summed E-state index contributed by atoms with van der Waals surface area (Å²) in [7, 11) is 0. The molecule has 0 saturated carbocycles. The Morgan fingerprint density at radius 1 is 1.13 bits per heavy atom. The number of non-ortho nitro benzene ring substituents is 2. The van der Waals surface area contributed by atoms with E-state index in [1.165, 1.54) is 23.9 Å². The van der Waals surface area contributed by atoms with E-state index in [1.54, 1.807) is 0 Å². The second-order valence-corrected chi connectivity index (χ2v) is 3.97. The van der Waals surface area contributed by atoms with Crippen LogP contribution in [-0.4, -0.2) is 15.6 Å². The summed E-state index contributed by atoms with van der Waals surface area (Å²) >= 11 is 1.33. The molecule has 0 atom stereocenters. The second-order valence-electron chi connectivity index (χ2n) is 2.63. The first kappa shape index (κ1) is 11.4. The van der Waals surface area contributed by atoms with Gasteiger partial charge >= 0.3 is 0 Å². The van der Waals surface area contributed by atoms with E-state index >= 15 is 0 Å². The van der Waals surface area contributed by atoms with E-state index < -0.39 is 9.85 Å². The van der Waals surface area contributed by atoms with Gasteiger partial charge in [-0.3, -0.25) is 20.2 Å². The molecule has 1 rings (SSSR count). The SMILES string of the molecule is CCSc1cc([N+](=O)[O-])cc([N+](=O)[O-])c1. The molecular weight excluding hydrogens is 220 g/mol. The van der Waals surface area contributed by atoms with Crippen molar-refractivity contribution in [3.8, 4) is 0 Å². The maximum absolute atomic E-state index is 10.5. The number of nitro benzene ring substituents is 2. The van der Waals surface area contributed by atoms with Gasteiger partial charge in [-0.15, -0.1) is 11.8 Å². The number of benzene rings is 1. The predicted octanol–water partition coefficient (Wildman–Crippen LogP) is 2.62. The summed E-state index contributed by atoms with van der Waals surface area (Å²) < 4.78 is 0. The highest BCUT2D eigenvalue weighted by molar-refractivity contribution is 7.99. The first-order valence-electron chi connectivity index (χ1n) is 4.11. The molecule has 0 aliphatic carbocycles. The molecule has 0 heterocycles. The van der Waals surface area contributed by atoms with Gasteiger partial charge in [0.25, 0.3) is 11.4 Å². The van der Waals surface area contributed by atoms with Gasteiger partial charge in [0.1, 0.15) is 0 Å². The van der Waals surface area contributed by atoms with Gasteiger partial charge in [0, 0.05) is 17.0 Å². The van der Waals surface area contributed by atoms with Gasteiger partial charge in [-0.05, 0) is 5.75 Å². The lowest BCUT2D eigenvalue weighted by atomic mass is 10.3. The molecule has 0 saturated heterocycles. The van der Waals surface area contributed by atoms with Crippen LogP contribution in [0.15, 0.2) is 23.1 Å². The minimum absolute atomic E-state index is 0.250. The average molecular weight is 228 g/mol. The Morgan fingerprint density at radius 2 is 1.60 bits per heavy atom. The van der Waals surface area contributed by atoms with Crippen LogP contribution >= 0.6 is 11.8 Å². The van der Waals surface area contributed by atoms with E-state index in [-0.39, 0.29) is 11.4 Å². The number of nitrogens with zero attached hydrogens (tertiary/aromatic N) is 2. The molecule has 80 valence electrons. The van der Waals surface area contributed by atoms with Crippen LogP contribution in [0.1, 0.15) is 6.92 Å². The van der Waals surface area contributed by atoms with E-state index in [9.17, 15) is 20.2 Å². The van der Waals surface area contributed by atoms with Crippen molar-refractivity contribution in [1.82, 2.24) is 0 Å². The smallest absolute Gasteiger partial charge is 0.258 e. The molecule has 6 nitrogen and oxygen atoms in total. The number of hydrogen-bond acceptors (Lipinski definition) is 5.